The molecule has 7 nitrogen and oxygen atoms in total. The highest BCUT2D eigenvalue weighted by molar-refractivity contribution is 6.02. The van der Waals surface area contributed by atoms with Crippen LogP contribution in [-0.4, -0.2) is 54.8 Å². The molecule has 0 aliphatic carbocycles. The standard InChI is InChI=1S/C22H29N3O4.ClH/c1-14-22(28)24-18-12-17(3-4-19(18)29-14)21(27)16-7-10-25(11-8-16)20(26)5-2-15-6-9-23-13-15;/h3-4,12,14-16,23H,2,5-11,13H2,1H3,(H,24,28);1H. The number of benzene rings is 1. The third-order valence-corrected chi connectivity index (χ3v) is 6.34. The first-order valence-corrected chi connectivity index (χ1v) is 10.7. The van der Waals surface area contributed by atoms with Crippen LogP contribution in [0.3, 0.4) is 0 Å². The van der Waals surface area contributed by atoms with Crippen molar-refractivity contribution in [2.24, 2.45) is 11.8 Å². The minimum atomic E-state index is -0.532. The molecule has 1 aromatic rings. The van der Waals surface area contributed by atoms with Gasteiger partial charge in [-0.15, -0.1) is 12.4 Å². The molecule has 0 saturated carbocycles. The molecule has 2 atom stereocenters. The van der Waals surface area contributed by atoms with Gasteiger partial charge in [0.05, 0.1) is 5.69 Å². The van der Waals surface area contributed by atoms with Gasteiger partial charge in [0.15, 0.2) is 11.9 Å². The highest BCUT2D eigenvalue weighted by atomic mass is 35.5. The molecule has 3 heterocycles. The van der Waals surface area contributed by atoms with E-state index in [0.29, 0.717) is 55.3 Å². The SMILES string of the molecule is CC1Oc2ccc(C(=O)C3CCN(C(=O)CCC4CCNC4)CC3)cc2NC1=O.Cl. The van der Waals surface area contributed by atoms with Gasteiger partial charge in [-0.05, 0) is 69.8 Å². The number of rotatable bonds is 5. The molecule has 1 aromatic carbocycles. The summed E-state index contributed by atoms with van der Waals surface area (Å²) in [5, 5.41) is 6.13. The molecule has 2 N–H and O–H groups in total. The number of hydrogen-bond acceptors (Lipinski definition) is 5. The van der Waals surface area contributed by atoms with Crippen LogP contribution in [0.25, 0.3) is 0 Å². The summed E-state index contributed by atoms with van der Waals surface area (Å²) in [5.74, 6) is 1.20. The van der Waals surface area contributed by atoms with Crippen molar-refractivity contribution in [2.45, 2.75) is 45.1 Å². The predicted molar refractivity (Wildman–Crippen MR) is 116 cm³/mol. The van der Waals surface area contributed by atoms with E-state index in [1.54, 1.807) is 25.1 Å². The number of nitrogens with zero attached hydrogens (tertiary/aromatic N) is 1. The van der Waals surface area contributed by atoms with Crippen molar-refractivity contribution in [3.63, 3.8) is 0 Å². The predicted octanol–water partition coefficient (Wildman–Crippen LogP) is 2.64. The van der Waals surface area contributed by atoms with Gasteiger partial charge in [-0.3, -0.25) is 14.4 Å². The van der Waals surface area contributed by atoms with Crippen molar-refractivity contribution < 1.29 is 19.1 Å². The lowest BCUT2D eigenvalue weighted by atomic mass is 9.88. The maximum atomic E-state index is 12.9. The Labute approximate surface area is 183 Å². The zero-order chi connectivity index (χ0) is 20.4. The number of halogens is 1. The number of nitrogens with one attached hydrogen (secondary N) is 2. The number of amides is 2. The van der Waals surface area contributed by atoms with Crippen LogP contribution >= 0.6 is 12.4 Å². The number of hydrogen-bond donors (Lipinski definition) is 2. The van der Waals surface area contributed by atoms with Gasteiger partial charge in [-0.25, -0.2) is 0 Å². The largest absolute Gasteiger partial charge is 0.479 e. The number of fused-ring (bicyclic) bond motifs is 1. The van der Waals surface area contributed by atoms with Crippen molar-refractivity contribution >= 4 is 35.7 Å². The molecule has 2 unspecified atom stereocenters. The quantitative estimate of drug-likeness (QED) is 0.694. The van der Waals surface area contributed by atoms with Gasteiger partial charge in [0.2, 0.25) is 5.91 Å². The lowest BCUT2D eigenvalue weighted by Crippen LogP contribution is -2.40. The van der Waals surface area contributed by atoms with Crippen LogP contribution in [0.5, 0.6) is 5.75 Å². The molecule has 3 aliphatic rings. The summed E-state index contributed by atoms with van der Waals surface area (Å²) in [6.45, 7) is 5.05. The first kappa shape index (κ1) is 22.6. The number of anilines is 1. The van der Waals surface area contributed by atoms with Crippen LogP contribution in [-0.2, 0) is 9.59 Å². The summed E-state index contributed by atoms with van der Waals surface area (Å²) in [6.07, 6.45) is 3.56. The van der Waals surface area contributed by atoms with E-state index in [0.717, 1.165) is 25.9 Å². The van der Waals surface area contributed by atoms with E-state index in [4.69, 9.17) is 4.74 Å². The molecule has 4 rings (SSSR count). The maximum Gasteiger partial charge on any atom is 0.265 e. The van der Waals surface area contributed by atoms with Crippen LogP contribution < -0.4 is 15.4 Å². The smallest absolute Gasteiger partial charge is 0.265 e. The summed E-state index contributed by atoms with van der Waals surface area (Å²) in [5.41, 5.74) is 1.13. The highest BCUT2D eigenvalue weighted by Crippen LogP contribution is 2.32. The third-order valence-electron chi connectivity index (χ3n) is 6.34. The molecule has 0 spiro atoms. The zero-order valence-electron chi connectivity index (χ0n) is 17.3. The van der Waals surface area contributed by atoms with Crippen LogP contribution in [0.1, 0.15) is 49.4 Å². The van der Waals surface area contributed by atoms with Gasteiger partial charge in [0, 0.05) is 31.0 Å². The van der Waals surface area contributed by atoms with Crippen molar-refractivity contribution in [3.05, 3.63) is 23.8 Å². The Kier molecular flexibility index (Phi) is 7.36. The number of ketones is 1. The van der Waals surface area contributed by atoms with E-state index >= 15 is 0 Å². The molecule has 0 bridgehead atoms. The average Bonchev–Trinajstić information content (AvgIpc) is 3.26. The summed E-state index contributed by atoms with van der Waals surface area (Å²) >= 11 is 0. The number of ether oxygens (including phenoxy) is 1. The number of carbonyl (C=O) groups excluding carboxylic acids is 3. The second-order valence-corrected chi connectivity index (χ2v) is 8.38. The van der Waals surface area contributed by atoms with Crippen molar-refractivity contribution in [3.8, 4) is 5.75 Å². The topological polar surface area (TPSA) is 87.7 Å². The van der Waals surface area contributed by atoms with E-state index in [1.807, 2.05) is 4.90 Å². The second kappa shape index (κ2) is 9.79. The Morgan fingerprint density at radius 3 is 2.67 bits per heavy atom. The monoisotopic (exact) mass is 435 g/mol. The summed E-state index contributed by atoms with van der Waals surface area (Å²) in [7, 11) is 0. The Hall–Kier alpha value is -2.12. The molecule has 2 saturated heterocycles. The summed E-state index contributed by atoms with van der Waals surface area (Å²) in [4.78, 5) is 39.2. The molecule has 3 aliphatic heterocycles. The average molecular weight is 436 g/mol. The fourth-order valence-electron chi connectivity index (χ4n) is 4.44. The van der Waals surface area contributed by atoms with Crippen molar-refractivity contribution in [2.75, 3.05) is 31.5 Å². The van der Waals surface area contributed by atoms with E-state index in [-0.39, 0.29) is 35.9 Å². The molecular weight excluding hydrogens is 406 g/mol. The second-order valence-electron chi connectivity index (χ2n) is 8.38. The molecule has 0 aromatic heterocycles. The first-order valence-electron chi connectivity index (χ1n) is 10.7. The molecule has 0 radical (unpaired) electrons. The van der Waals surface area contributed by atoms with Crippen molar-refractivity contribution in [1.82, 2.24) is 10.2 Å². The molecule has 164 valence electrons. The number of likely N-dealkylation sites (tertiary alicyclic amines) is 1. The van der Waals surface area contributed by atoms with Gasteiger partial charge in [-0.2, -0.15) is 0 Å². The number of Topliss-reactive ketones (excluding diaryl/α,β-unsaturated/α-hetero) is 1. The van der Waals surface area contributed by atoms with E-state index in [9.17, 15) is 14.4 Å². The Bertz CT molecular complexity index is 802. The van der Waals surface area contributed by atoms with Crippen LogP contribution in [0.15, 0.2) is 18.2 Å². The molecule has 2 amide bonds. The van der Waals surface area contributed by atoms with Gasteiger partial charge in [-0.1, -0.05) is 0 Å². The number of piperidine rings is 1. The normalized spacial score (nSPS) is 23.8. The van der Waals surface area contributed by atoms with Gasteiger partial charge in [0.1, 0.15) is 5.75 Å². The van der Waals surface area contributed by atoms with Gasteiger partial charge >= 0.3 is 0 Å². The third kappa shape index (κ3) is 4.95. The van der Waals surface area contributed by atoms with E-state index in [2.05, 4.69) is 10.6 Å². The van der Waals surface area contributed by atoms with Crippen LogP contribution in [0.4, 0.5) is 5.69 Å². The highest BCUT2D eigenvalue weighted by Gasteiger charge is 2.30. The van der Waals surface area contributed by atoms with Gasteiger partial charge < -0.3 is 20.3 Å². The van der Waals surface area contributed by atoms with Crippen LogP contribution in [0, 0.1) is 11.8 Å². The summed E-state index contributed by atoms with van der Waals surface area (Å²) in [6, 6.07) is 5.21. The van der Waals surface area contributed by atoms with E-state index in [1.165, 1.54) is 0 Å². The molecule has 2 fully saturated rings. The minimum Gasteiger partial charge on any atom is -0.479 e. The lowest BCUT2D eigenvalue weighted by Gasteiger charge is -2.32. The van der Waals surface area contributed by atoms with Crippen molar-refractivity contribution in [1.29, 1.82) is 0 Å². The zero-order valence-corrected chi connectivity index (χ0v) is 18.1. The van der Waals surface area contributed by atoms with Crippen LogP contribution in [0.2, 0.25) is 0 Å². The Balaban J connectivity index is 0.00000256. The minimum absolute atomic E-state index is 0. The number of carbonyl (C=O) groups is 3. The van der Waals surface area contributed by atoms with Gasteiger partial charge in [0.25, 0.3) is 5.91 Å². The molecule has 8 heteroatoms. The fourth-order valence-corrected chi connectivity index (χ4v) is 4.44. The summed E-state index contributed by atoms with van der Waals surface area (Å²) < 4.78 is 5.55. The molecular formula is C22H30ClN3O4. The maximum absolute atomic E-state index is 12.9. The van der Waals surface area contributed by atoms with E-state index < -0.39 is 6.10 Å². The fraction of sp³-hybridized carbons (Fsp3) is 0.591. The first-order chi connectivity index (χ1) is 14.0. The molecule has 30 heavy (non-hydrogen) atoms. The Morgan fingerprint density at radius 1 is 1.20 bits per heavy atom. The lowest BCUT2D eigenvalue weighted by molar-refractivity contribution is -0.132. The Morgan fingerprint density at radius 2 is 1.97 bits per heavy atom.